The third kappa shape index (κ3) is 5.04. The van der Waals surface area contributed by atoms with Crippen molar-refractivity contribution in [3.63, 3.8) is 0 Å². The molecule has 7 aromatic rings. The van der Waals surface area contributed by atoms with Crippen LogP contribution in [0, 0.1) is 0 Å². The van der Waals surface area contributed by atoms with E-state index in [-0.39, 0.29) is 27.3 Å². The Balaban J connectivity index is 1.28. The third-order valence-corrected chi connectivity index (χ3v) is 9.06. The van der Waals surface area contributed by atoms with E-state index in [4.69, 9.17) is 39.2 Å². The number of nitrogens with one attached hydrogen (secondary N) is 1. The average Bonchev–Trinajstić information content (AvgIpc) is 3.43. The first kappa shape index (κ1) is 28.2. The summed E-state index contributed by atoms with van der Waals surface area (Å²) in [7, 11) is 30.6. The molecule has 8 heteroatoms. The van der Waals surface area contributed by atoms with E-state index in [2.05, 4.69) is 113 Å². The molecule has 0 aliphatic rings. The number of anilines is 5. The van der Waals surface area contributed by atoms with Crippen molar-refractivity contribution in [1.29, 1.82) is 0 Å². The van der Waals surface area contributed by atoms with Crippen molar-refractivity contribution in [2.24, 2.45) is 0 Å². The van der Waals surface area contributed by atoms with Crippen LogP contribution in [0.1, 0.15) is 0 Å². The van der Waals surface area contributed by atoms with Crippen LogP contribution >= 0.6 is 11.3 Å². The summed E-state index contributed by atoms with van der Waals surface area (Å²) in [6.45, 7) is 0. The lowest BCUT2D eigenvalue weighted by molar-refractivity contribution is 1.29. The Bertz CT molecular complexity index is 2120. The Labute approximate surface area is 268 Å². The molecule has 6 aromatic carbocycles. The first-order valence-corrected chi connectivity index (χ1v) is 15.0. The minimum atomic E-state index is 0.192. The van der Waals surface area contributed by atoms with Crippen molar-refractivity contribution in [2.75, 3.05) is 10.2 Å². The van der Waals surface area contributed by atoms with Crippen LogP contribution in [0.25, 0.3) is 31.3 Å². The van der Waals surface area contributed by atoms with Crippen LogP contribution < -0.4 is 37.5 Å². The maximum atomic E-state index is 6.26. The zero-order valence-electron chi connectivity index (χ0n) is 23.8. The smallest absolute Gasteiger partial charge is 0.115 e. The normalized spacial score (nSPS) is 11.2. The van der Waals surface area contributed by atoms with E-state index in [0.29, 0.717) is 5.69 Å². The zero-order valence-corrected chi connectivity index (χ0v) is 24.6. The molecule has 0 bridgehead atoms. The maximum absolute atomic E-state index is 6.26. The quantitative estimate of drug-likeness (QED) is 0.288. The highest BCUT2D eigenvalue weighted by Crippen LogP contribution is 2.41. The van der Waals surface area contributed by atoms with Crippen LogP contribution in [-0.2, 0) is 0 Å². The molecule has 44 heavy (non-hydrogen) atoms. The summed E-state index contributed by atoms with van der Waals surface area (Å²) in [4.78, 5) is 2.28. The van der Waals surface area contributed by atoms with Gasteiger partial charge in [-0.3, -0.25) is 0 Å². The van der Waals surface area contributed by atoms with Gasteiger partial charge in [-0.1, -0.05) is 77.7 Å². The number of rotatable bonds is 6. The number of hydrogen-bond donors (Lipinski definition) is 1. The van der Waals surface area contributed by atoms with Crippen LogP contribution in [0.3, 0.4) is 0 Å². The second-order valence-electron chi connectivity index (χ2n) is 10.6. The number of benzene rings is 6. The summed E-state index contributed by atoms with van der Waals surface area (Å²) in [5, 5.41) is 5.59. The topological polar surface area (TPSA) is 15.3 Å². The van der Waals surface area contributed by atoms with E-state index in [0.717, 1.165) is 33.5 Å². The Kier molecular flexibility index (Phi) is 7.39. The minimum Gasteiger partial charge on any atom is -0.357 e. The minimum absolute atomic E-state index is 0.192. The predicted molar refractivity (Wildman–Crippen MR) is 196 cm³/mol. The van der Waals surface area contributed by atoms with Gasteiger partial charge in [-0.05, 0) is 65.7 Å². The van der Waals surface area contributed by atoms with E-state index in [1.54, 1.807) is 11.3 Å². The molecule has 0 saturated heterocycles. The van der Waals surface area contributed by atoms with Gasteiger partial charge in [0.15, 0.2) is 0 Å². The molecule has 0 unspecified atom stereocenters. The molecule has 10 radical (unpaired) electrons. The molecule has 0 spiro atoms. The maximum Gasteiger partial charge on any atom is 0.115 e. The molecular weight excluding hydrogens is 547 g/mol. The average molecular weight is 568 g/mol. The van der Waals surface area contributed by atoms with E-state index < -0.39 is 0 Å². The largest absolute Gasteiger partial charge is 0.357 e. The first-order chi connectivity index (χ1) is 21.4. The molecule has 0 aliphatic carbocycles. The third-order valence-electron chi connectivity index (χ3n) is 7.93. The molecule has 0 amide bonds. The SMILES string of the molecule is [B]c1c([B])c([B])c(Nc2ccc3sc4cc(N(c5ccccc5)c5ccc(-c6ccccc6)cc5)ccc4c3c2)c([B])c1[B]. The van der Waals surface area contributed by atoms with Gasteiger partial charge in [-0.15, -0.1) is 27.7 Å². The van der Waals surface area contributed by atoms with Crippen molar-refractivity contribution in [2.45, 2.75) is 0 Å². The summed E-state index contributed by atoms with van der Waals surface area (Å²) in [5.74, 6) is 0. The summed E-state index contributed by atoms with van der Waals surface area (Å²) in [6, 6.07) is 42.3. The van der Waals surface area contributed by atoms with Gasteiger partial charge >= 0.3 is 0 Å². The van der Waals surface area contributed by atoms with E-state index in [1.807, 2.05) is 18.2 Å². The number of hydrogen-bond acceptors (Lipinski definition) is 3. The van der Waals surface area contributed by atoms with Gasteiger partial charge in [0.2, 0.25) is 0 Å². The van der Waals surface area contributed by atoms with Crippen LogP contribution in [-0.4, -0.2) is 39.2 Å². The predicted octanol–water partition coefficient (Wildman–Crippen LogP) is 4.90. The Morgan fingerprint density at radius 1 is 0.455 bits per heavy atom. The molecule has 7 rings (SSSR count). The van der Waals surface area contributed by atoms with Gasteiger partial charge in [0.1, 0.15) is 39.2 Å². The molecule has 0 atom stereocenters. The number of para-hydroxylation sites is 1. The molecule has 196 valence electrons. The number of fused-ring (bicyclic) bond motifs is 3. The highest BCUT2D eigenvalue weighted by Gasteiger charge is 2.16. The summed E-state index contributed by atoms with van der Waals surface area (Å²) in [6.07, 6.45) is 0. The highest BCUT2D eigenvalue weighted by atomic mass is 32.1. The van der Waals surface area contributed by atoms with Gasteiger partial charge in [-0.2, -0.15) is 0 Å². The highest BCUT2D eigenvalue weighted by molar-refractivity contribution is 7.25. The molecule has 1 heterocycles. The van der Waals surface area contributed by atoms with Gasteiger partial charge in [0.05, 0.1) is 0 Å². The molecule has 0 aliphatic heterocycles. The second kappa shape index (κ2) is 11.5. The summed E-state index contributed by atoms with van der Waals surface area (Å²) < 4.78 is 2.34. The van der Waals surface area contributed by atoms with Gasteiger partial charge < -0.3 is 10.2 Å². The van der Waals surface area contributed by atoms with Gasteiger partial charge in [0, 0.05) is 48.6 Å². The van der Waals surface area contributed by atoms with E-state index in [9.17, 15) is 0 Å². The van der Waals surface area contributed by atoms with Crippen molar-refractivity contribution in [3.8, 4) is 11.1 Å². The lowest BCUT2D eigenvalue weighted by atomic mass is 9.61. The standard InChI is InChI=1S/C36H21B5N2S/c37-31-32(38)34(40)36(35(41)33(31)39)42-23-13-18-29-28(19-23)27-17-16-26(20-30(27)44-29)43(24-9-5-2-6-10-24)25-14-11-22(12-15-25)21-7-3-1-4-8-21/h1-20,42H. The molecule has 1 aromatic heterocycles. The van der Waals surface area contributed by atoms with E-state index >= 15 is 0 Å². The monoisotopic (exact) mass is 568 g/mol. The summed E-state index contributed by atoms with van der Waals surface area (Å²) in [5.41, 5.74) is 8.05. The fourth-order valence-corrected chi connectivity index (χ4v) is 6.69. The van der Waals surface area contributed by atoms with Crippen LogP contribution in [0.4, 0.5) is 28.4 Å². The molecule has 1 N–H and O–H groups in total. The van der Waals surface area contributed by atoms with Gasteiger partial charge in [-0.25, -0.2) is 0 Å². The fourth-order valence-electron chi connectivity index (χ4n) is 5.57. The zero-order chi connectivity index (χ0) is 30.4. The Hall–Kier alpha value is -4.54. The summed E-state index contributed by atoms with van der Waals surface area (Å²) >= 11 is 1.75. The van der Waals surface area contributed by atoms with Crippen LogP contribution in [0.5, 0.6) is 0 Å². The number of nitrogens with zero attached hydrogens (tertiary/aromatic N) is 1. The first-order valence-electron chi connectivity index (χ1n) is 14.1. The Morgan fingerprint density at radius 3 is 1.70 bits per heavy atom. The Morgan fingerprint density at radius 2 is 1.02 bits per heavy atom. The van der Waals surface area contributed by atoms with Gasteiger partial charge in [0.25, 0.3) is 0 Å². The van der Waals surface area contributed by atoms with Crippen molar-refractivity contribution in [3.05, 3.63) is 121 Å². The van der Waals surface area contributed by atoms with Crippen LogP contribution in [0.15, 0.2) is 121 Å². The number of thiophene rings is 1. The van der Waals surface area contributed by atoms with Crippen LogP contribution in [0.2, 0.25) is 0 Å². The fraction of sp³-hybridized carbons (Fsp3) is 0. The van der Waals surface area contributed by atoms with Crippen molar-refractivity contribution in [1.82, 2.24) is 0 Å². The molecular formula is C36H21B5N2S. The molecule has 2 nitrogen and oxygen atoms in total. The van der Waals surface area contributed by atoms with Crippen molar-refractivity contribution >= 4 is 126 Å². The molecule has 0 saturated carbocycles. The van der Waals surface area contributed by atoms with E-state index in [1.165, 1.54) is 20.5 Å². The second-order valence-corrected chi connectivity index (χ2v) is 11.7. The lowest BCUT2D eigenvalue weighted by Gasteiger charge is -2.25. The lowest BCUT2D eigenvalue weighted by Crippen LogP contribution is -2.55. The molecule has 0 fully saturated rings. The van der Waals surface area contributed by atoms with Crippen molar-refractivity contribution < 1.29 is 0 Å².